The topological polar surface area (TPSA) is 75.3 Å². The summed E-state index contributed by atoms with van der Waals surface area (Å²) in [5.41, 5.74) is 1.96. The maximum Gasteiger partial charge on any atom is 0.422 e. The molecule has 1 atom stereocenters. The van der Waals surface area contributed by atoms with E-state index >= 15 is 0 Å². The number of nitrogen functional groups attached to an aromatic ring is 1. The van der Waals surface area contributed by atoms with Gasteiger partial charge in [0.25, 0.3) is 0 Å². The van der Waals surface area contributed by atoms with Crippen molar-refractivity contribution in [1.82, 2.24) is 0 Å². The molecule has 1 aromatic carbocycles. The zero-order valence-electron chi connectivity index (χ0n) is 8.51. The Bertz CT molecular complexity index is 487. The van der Waals surface area contributed by atoms with Crippen LogP contribution < -0.4 is 11.1 Å². The van der Waals surface area contributed by atoms with Gasteiger partial charge < -0.3 is 16.2 Å². The maximum absolute atomic E-state index is 12.8. The molecule has 2 rings (SSSR count). The van der Waals surface area contributed by atoms with E-state index in [9.17, 15) is 23.1 Å². The summed E-state index contributed by atoms with van der Waals surface area (Å²) < 4.78 is 38.5. The lowest BCUT2D eigenvalue weighted by atomic mass is 9.85. The number of hydrogen-bond donors (Lipinski definition) is 3. The summed E-state index contributed by atoms with van der Waals surface area (Å²) in [6.07, 6.45) is -5.97. The Kier molecular flexibility index (Phi) is 2.32. The summed E-state index contributed by atoms with van der Waals surface area (Å²) in [6.45, 7) is 0. The molecule has 1 aliphatic heterocycles. The summed E-state index contributed by atoms with van der Waals surface area (Å²) in [4.78, 5) is 11.2. The number of fused-ring (bicyclic) bond motifs is 1. The molecule has 1 heterocycles. The molecule has 92 valence electrons. The summed E-state index contributed by atoms with van der Waals surface area (Å²) in [6, 6.07) is 3.49. The number of aliphatic hydroxyl groups is 1. The number of nitrogens with two attached hydrogens (primary N) is 1. The normalized spacial score (nSPS) is 24.1. The zero-order chi connectivity index (χ0) is 12.8. The lowest BCUT2D eigenvalue weighted by Crippen LogP contribution is -2.48. The van der Waals surface area contributed by atoms with Gasteiger partial charge >= 0.3 is 6.18 Å². The van der Waals surface area contributed by atoms with Crippen LogP contribution in [-0.4, -0.2) is 17.2 Å². The maximum atomic E-state index is 12.8. The lowest BCUT2D eigenvalue weighted by molar-refractivity contribution is -0.267. The highest BCUT2D eigenvalue weighted by Gasteiger charge is 2.58. The quantitative estimate of drug-likeness (QED) is 0.605. The summed E-state index contributed by atoms with van der Waals surface area (Å²) in [7, 11) is 0. The van der Waals surface area contributed by atoms with E-state index in [1.54, 1.807) is 0 Å². The molecular formula is C10H9F3N2O2. The number of halogens is 3. The minimum atomic E-state index is -4.92. The average Bonchev–Trinajstić information content (AvgIpc) is 2.14. The van der Waals surface area contributed by atoms with Gasteiger partial charge in [0.15, 0.2) is 5.60 Å². The van der Waals surface area contributed by atoms with E-state index in [0.29, 0.717) is 0 Å². The molecule has 0 saturated carbocycles. The number of rotatable bonds is 0. The summed E-state index contributed by atoms with van der Waals surface area (Å²) in [5, 5.41) is 11.9. The molecule has 1 aromatic rings. The Morgan fingerprint density at radius 1 is 1.41 bits per heavy atom. The first-order chi connectivity index (χ1) is 7.74. The van der Waals surface area contributed by atoms with Crippen molar-refractivity contribution < 1.29 is 23.1 Å². The Morgan fingerprint density at radius 3 is 2.65 bits per heavy atom. The van der Waals surface area contributed by atoms with Crippen molar-refractivity contribution in [2.45, 2.75) is 18.2 Å². The molecule has 0 saturated heterocycles. The first-order valence-electron chi connectivity index (χ1n) is 4.73. The van der Waals surface area contributed by atoms with Crippen LogP contribution in [0, 0.1) is 0 Å². The van der Waals surface area contributed by atoms with Crippen LogP contribution in [0.25, 0.3) is 0 Å². The van der Waals surface area contributed by atoms with Gasteiger partial charge in [-0.3, -0.25) is 4.79 Å². The fourth-order valence-corrected chi connectivity index (χ4v) is 1.80. The SMILES string of the molecule is Nc1ccc2c(c1)NC(=O)C[C@]2(O)C(F)(F)F. The van der Waals surface area contributed by atoms with Crippen LogP contribution in [-0.2, 0) is 10.4 Å². The fourth-order valence-electron chi connectivity index (χ4n) is 1.80. The van der Waals surface area contributed by atoms with Gasteiger partial charge in [-0.15, -0.1) is 0 Å². The number of benzene rings is 1. The van der Waals surface area contributed by atoms with Crippen LogP contribution in [0.15, 0.2) is 18.2 Å². The first kappa shape index (κ1) is 11.7. The molecular weight excluding hydrogens is 237 g/mol. The van der Waals surface area contributed by atoms with Crippen LogP contribution in [0.4, 0.5) is 24.5 Å². The van der Waals surface area contributed by atoms with E-state index in [-0.39, 0.29) is 16.9 Å². The molecule has 0 aromatic heterocycles. The first-order valence-corrected chi connectivity index (χ1v) is 4.73. The van der Waals surface area contributed by atoms with Crippen LogP contribution in [0.1, 0.15) is 12.0 Å². The van der Waals surface area contributed by atoms with Crippen molar-refractivity contribution in [3.8, 4) is 0 Å². The molecule has 0 spiro atoms. The number of carbonyl (C=O) groups excluding carboxylic acids is 1. The Balaban J connectivity index is 2.63. The van der Waals surface area contributed by atoms with Crippen molar-refractivity contribution in [2.75, 3.05) is 11.1 Å². The van der Waals surface area contributed by atoms with Crippen molar-refractivity contribution in [2.24, 2.45) is 0 Å². The zero-order valence-corrected chi connectivity index (χ0v) is 8.51. The second kappa shape index (κ2) is 3.36. The van der Waals surface area contributed by atoms with Gasteiger partial charge in [-0.25, -0.2) is 0 Å². The number of nitrogens with one attached hydrogen (secondary N) is 1. The third-order valence-corrected chi connectivity index (χ3v) is 2.65. The minimum Gasteiger partial charge on any atom is -0.399 e. The van der Waals surface area contributed by atoms with E-state index in [4.69, 9.17) is 5.73 Å². The largest absolute Gasteiger partial charge is 0.422 e. The molecule has 1 amide bonds. The monoisotopic (exact) mass is 246 g/mol. The predicted octanol–water partition coefficient (Wildman–Crippen LogP) is 1.36. The highest BCUT2D eigenvalue weighted by atomic mass is 19.4. The smallest absolute Gasteiger partial charge is 0.399 e. The summed E-state index contributed by atoms with van der Waals surface area (Å²) >= 11 is 0. The number of carbonyl (C=O) groups is 1. The highest BCUT2D eigenvalue weighted by molar-refractivity contribution is 5.96. The molecule has 1 aliphatic rings. The Hall–Kier alpha value is -1.76. The number of hydrogen-bond acceptors (Lipinski definition) is 3. The van der Waals surface area contributed by atoms with E-state index in [1.807, 2.05) is 0 Å². The molecule has 0 aliphatic carbocycles. The molecule has 0 radical (unpaired) electrons. The van der Waals surface area contributed by atoms with Gasteiger partial charge in [0.05, 0.1) is 6.42 Å². The van der Waals surface area contributed by atoms with Gasteiger partial charge in [0.1, 0.15) is 0 Å². The van der Waals surface area contributed by atoms with E-state index in [1.165, 1.54) is 12.1 Å². The van der Waals surface area contributed by atoms with Gasteiger partial charge in [0.2, 0.25) is 5.91 Å². The van der Waals surface area contributed by atoms with E-state index in [2.05, 4.69) is 5.32 Å². The van der Waals surface area contributed by atoms with Crippen LogP contribution in [0.5, 0.6) is 0 Å². The molecule has 0 unspecified atom stereocenters. The Morgan fingerprint density at radius 2 is 2.06 bits per heavy atom. The third kappa shape index (κ3) is 1.72. The second-order valence-corrected chi connectivity index (χ2v) is 3.89. The average molecular weight is 246 g/mol. The summed E-state index contributed by atoms with van der Waals surface area (Å²) in [5.74, 6) is -0.900. The predicted molar refractivity (Wildman–Crippen MR) is 54.1 cm³/mol. The van der Waals surface area contributed by atoms with Gasteiger partial charge in [-0.2, -0.15) is 13.2 Å². The van der Waals surface area contributed by atoms with Gasteiger partial charge in [-0.1, -0.05) is 6.07 Å². The van der Waals surface area contributed by atoms with Crippen LogP contribution >= 0.6 is 0 Å². The van der Waals surface area contributed by atoms with Crippen LogP contribution in [0.2, 0.25) is 0 Å². The molecule has 0 bridgehead atoms. The standard InChI is InChI=1S/C10H9F3N2O2/c11-10(12,13)9(17)4-8(16)15-7-3-5(14)1-2-6(7)9/h1-3,17H,4,14H2,(H,15,16)/t9-/m1/s1. The Labute approximate surface area is 94.2 Å². The molecule has 17 heavy (non-hydrogen) atoms. The van der Waals surface area contributed by atoms with Gasteiger partial charge in [-0.05, 0) is 12.1 Å². The number of alkyl halides is 3. The minimum absolute atomic E-state index is 0.110. The van der Waals surface area contributed by atoms with Crippen molar-refractivity contribution in [3.63, 3.8) is 0 Å². The van der Waals surface area contributed by atoms with E-state index < -0.39 is 24.1 Å². The van der Waals surface area contributed by atoms with Crippen molar-refractivity contribution in [3.05, 3.63) is 23.8 Å². The van der Waals surface area contributed by atoms with E-state index in [0.717, 1.165) is 6.07 Å². The van der Waals surface area contributed by atoms with Gasteiger partial charge in [0, 0.05) is 16.9 Å². The fraction of sp³-hybridized carbons (Fsp3) is 0.300. The molecule has 7 heteroatoms. The molecule has 4 N–H and O–H groups in total. The molecule has 4 nitrogen and oxygen atoms in total. The van der Waals surface area contributed by atoms with Crippen molar-refractivity contribution >= 4 is 17.3 Å². The highest BCUT2D eigenvalue weighted by Crippen LogP contribution is 2.47. The number of amides is 1. The number of anilines is 2. The molecule has 0 fully saturated rings. The second-order valence-electron chi connectivity index (χ2n) is 3.89. The van der Waals surface area contributed by atoms with Crippen LogP contribution in [0.3, 0.4) is 0 Å². The van der Waals surface area contributed by atoms with Crippen molar-refractivity contribution in [1.29, 1.82) is 0 Å². The lowest BCUT2D eigenvalue weighted by Gasteiger charge is -2.35. The third-order valence-electron chi connectivity index (χ3n) is 2.65.